The van der Waals surface area contributed by atoms with Crippen LogP contribution in [0, 0.1) is 12.8 Å². The van der Waals surface area contributed by atoms with E-state index in [-0.39, 0.29) is 11.8 Å². The second kappa shape index (κ2) is 8.75. The van der Waals surface area contributed by atoms with E-state index in [9.17, 15) is 4.79 Å². The Hall–Kier alpha value is -2.71. The third-order valence-electron chi connectivity index (χ3n) is 4.65. The predicted molar refractivity (Wildman–Crippen MR) is 116 cm³/mol. The summed E-state index contributed by atoms with van der Waals surface area (Å²) in [5.41, 5.74) is 2.72. The second-order valence-corrected chi connectivity index (χ2v) is 8.90. The van der Waals surface area contributed by atoms with Crippen LogP contribution in [0.5, 0.6) is 0 Å². The van der Waals surface area contributed by atoms with Crippen molar-refractivity contribution in [1.29, 1.82) is 0 Å². The van der Waals surface area contributed by atoms with Crippen molar-refractivity contribution in [3.63, 3.8) is 0 Å². The van der Waals surface area contributed by atoms with Gasteiger partial charge in [0.2, 0.25) is 5.91 Å². The topological polar surface area (TPSA) is 73.0 Å². The summed E-state index contributed by atoms with van der Waals surface area (Å²) in [6.45, 7) is 4.96. The van der Waals surface area contributed by atoms with E-state index in [0.717, 1.165) is 28.2 Å². The van der Waals surface area contributed by atoms with Gasteiger partial charge in [-0.3, -0.25) is 9.48 Å². The van der Waals surface area contributed by atoms with Gasteiger partial charge in [-0.2, -0.15) is 5.10 Å². The number of nitrogens with one attached hydrogen (secondary N) is 1. The highest BCUT2D eigenvalue weighted by molar-refractivity contribution is 7.13. The van der Waals surface area contributed by atoms with Gasteiger partial charge in [-0.15, -0.1) is 22.7 Å². The highest BCUT2D eigenvalue weighted by Gasteiger charge is 2.19. The van der Waals surface area contributed by atoms with Gasteiger partial charge in [-0.25, -0.2) is 0 Å². The highest BCUT2D eigenvalue weighted by Crippen LogP contribution is 2.34. The van der Waals surface area contributed by atoms with Crippen LogP contribution in [0.4, 0.5) is 0 Å². The number of rotatable bonds is 8. The monoisotopic (exact) mass is 426 g/mol. The Morgan fingerprint density at radius 2 is 2.10 bits per heavy atom. The molecule has 150 valence electrons. The second-order valence-electron chi connectivity index (χ2n) is 6.92. The van der Waals surface area contributed by atoms with E-state index in [1.54, 1.807) is 28.9 Å². The van der Waals surface area contributed by atoms with Gasteiger partial charge >= 0.3 is 0 Å². The molecule has 0 aliphatic rings. The quantitative estimate of drug-likeness (QED) is 0.446. The maximum atomic E-state index is 12.4. The Balaban J connectivity index is 1.45. The minimum atomic E-state index is -0.0595. The van der Waals surface area contributed by atoms with Crippen molar-refractivity contribution in [3.05, 3.63) is 57.9 Å². The Morgan fingerprint density at radius 3 is 2.79 bits per heavy atom. The molecule has 4 aromatic rings. The normalized spacial score (nSPS) is 12.2. The minimum Gasteiger partial charge on any atom is -0.356 e. The zero-order chi connectivity index (χ0) is 20.2. The smallest absolute Gasteiger partial charge is 0.223 e. The van der Waals surface area contributed by atoms with Gasteiger partial charge < -0.3 is 9.84 Å². The summed E-state index contributed by atoms with van der Waals surface area (Å²) in [4.78, 5) is 14.8. The predicted octanol–water partition coefficient (Wildman–Crippen LogP) is 4.63. The number of aryl methyl sites for hydroxylation is 1. The van der Waals surface area contributed by atoms with E-state index in [4.69, 9.17) is 4.52 Å². The fourth-order valence-electron chi connectivity index (χ4n) is 3.18. The lowest BCUT2D eigenvalue weighted by atomic mass is 10.1. The van der Waals surface area contributed by atoms with Crippen LogP contribution in [-0.2, 0) is 17.8 Å². The number of thiophene rings is 2. The summed E-state index contributed by atoms with van der Waals surface area (Å²) in [5, 5.41) is 15.7. The minimum absolute atomic E-state index is 0.0595. The molecule has 29 heavy (non-hydrogen) atoms. The average molecular weight is 427 g/mol. The summed E-state index contributed by atoms with van der Waals surface area (Å²) >= 11 is 3.33. The molecule has 0 aliphatic carbocycles. The van der Waals surface area contributed by atoms with E-state index in [0.29, 0.717) is 18.8 Å². The van der Waals surface area contributed by atoms with Crippen LogP contribution in [0.1, 0.15) is 17.5 Å². The number of aromatic nitrogens is 3. The molecule has 8 heteroatoms. The molecule has 0 spiro atoms. The maximum absolute atomic E-state index is 12.4. The number of hydrogen-bond donors (Lipinski definition) is 1. The van der Waals surface area contributed by atoms with Crippen molar-refractivity contribution >= 4 is 28.6 Å². The van der Waals surface area contributed by atoms with Gasteiger partial charge in [0, 0.05) is 23.4 Å². The van der Waals surface area contributed by atoms with E-state index < -0.39 is 0 Å². The summed E-state index contributed by atoms with van der Waals surface area (Å²) < 4.78 is 7.38. The zero-order valence-electron chi connectivity index (χ0n) is 16.3. The first-order chi connectivity index (χ1) is 14.1. The fraction of sp³-hybridized carbons (Fsp3) is 0.286. The first-order valence-electron chi connectivity index (χ1n) is 9.45. The molecule has 0 saturated heterocycles. The Bertz CT molecular complexity index is 1060. The lowest BCUT2D eigenvalue weighted by Crippen LogP contribution is -2.32. The van der Waals surface area contributed by atoms with Crippen LogP contribution in [0.3, 0.4) is 0 Å². The summed E-state index contributed by atoms with van der Waals surface area (Å²) in [6, 6.07) is 10.1. The summed E-state index contributed by atoms with van der Waals surface area (Å²) in [7, 11) is 0. The molecule has 4 rings (SSSR count). The third-order valence-corrected chi connectivity index (χ3v) is 6.42. The van der Waals surface area contributed by atoms with E-state index in [1.807, 2.05) is 47.5 Å². The standard InChI is InChI=1S/C21H22N4O2S2/c1-14(11-16-5-3-9-28-16)21(26)22-7-8-25-20(19-6-4-10-29-19)17(13-23-25)18-12-15(2)24-27-18/h3-6,9-10,12-14H,7-8,11H2,1-2H3,(H,22,26)/t14-/m0/s1. The first-order valence-corrected chi connectivity index (χ1v) is 11.2. The molecule has 6 nitrogen and oxygen atoms in total. The van der Waals surface area contributed by atoms with Crippen molar-refractivity contribution in [3.8, 4) is 21.9 Å². The largest absolute Gasteiger partial charge is 0.356 e. The zero-order valence-corrected chi connectivity index (χ0v) is 17.9. The summed E-state index contributed by atoms with van der Waals surface area (Å²) in [5.74, 6) is 0.704. The molecule has 0 fully saturated rings. The average Bonchev–Trinajstić information content (AvgIpc) is 3.48. The molecule has 0 bridgehead atoms. The first kappa shape index (κ1) is 19.6. The molecular weight excluding hydrogens is 404 g/mol. The van der Waals surface area contributed by atoms with Gasteiger partial charge in [0.05, 0.1) is 34.6 Å². The molecule has 4 heterocycles. The Morgan fingerprint density at radius 1 is 1.28 bits per heavy atom. The van der Waals surface area contributed by atoms with Crippen LogP contribution in [0.15, 0.2) is 51.8 Å². The molecule has 1 N–H and O–H groups in total. The van der Waals surface area contributed by atoms with Crippen molar-refractivity contribution in [2.75, 3.05) is 6.54 Å². The molecule has 0 radical (unpaired) electrons. The van der Waals surface area contributed by atoms with E-state index in [2.05, 4.69) is 27.7 Å². The number of carbonyl (C=O) groups is 1. The van der Waals surface area contributed by atoms with Crippen LogP contribution >= 0.6 is 22.7 Å². The number of hydrogen-bond acceptors (Lipinski definition) is 6. The van der Waals surface area contributed by atoms with Crippen LogP contribution in [-0.4, -0.2) is 27.4 Å². The lowest BCUT2D eigenvalue weighted by molar-refractivity contribution is -0.124. The van der Waals surface area contributed by atoms with Crippen LogP contribution < -0.4 is 5.32 Å². The molecule has 0 aliphatic heterocycles. The van der Waals surface area contributed by atoms with Crippen LogP contribution in [0.2, 0.25) is 0 Å². The van der Waals surface area contributed by atoms with Gasteiger partial charge in [0.15, 0.2) is 5.76 Å². The van der Waals surface area contributed by atoms with Gasteiger partial charge in [0.25, 0.3) is 0 Å². The van der Waals surface area contributed by atoms with Crippen LogP contribution in [0.25, 0.3) is 21.9 Å². The summed E-state index contributed by atoms with van der Waals surface area (Å²) in [6.07, 6.45) is 2.57. The Kier molecular flexibility index (Phi) is 5.92. The van der Waals surface area contributed by atoms with Crippen molar-refractivity contribution in [2.24, 2.45) is 5.92 Å². The van der Waals surface area contributed by atoms with Gasteiger partial charge in [0.1, 0.15) is 0 Å². The fourth-order valence-corrected chi connectivity index (χ4v) is 4.80. The molecule has 1 amide bonds. The highest BCUT2D eigenvalue weighted by atomic mass is 32.1. The lowest BCUT2D eigenvalue weighted by Gasteiger charge is -2.12. The maximum Gasteiger partial charge on any atom is 0.223 e. The third kappa shape index (κ3) is 4.49. The number of amides is 1. The number of nitrogens with zero attached hydrogens (tertiary/aromatic N) is 3. The number of carbonyl (C=O) groups excluding carboxylic acids is 1. The van der Waals surface area contributed by atoms with Crippen molar-refractivity contribution in [2.45, 2.75) is 26.8 Å². The van der Waals surface area contributed by atoms with E-state index in [1.165, 1.54) is 4.88 Å². The van der Waals surface area contributed by atoms with Crippen molar-refractivity contribution < 1.29 is 9.32 Å². The van der Waals surface area contributed by atoms with E-state index >= 15 is 0 Å². The Labute approximate surface area is 177 Å². The molecule has 4 aromatic heterocycles. The molecule has 1 atom stereocenters. The van der Waals surface area contributed by atoms with Gasteiger partial charge in [-0.05, 0) is 36.2 Å². The molecule has 0 saturated carbocycles. The molecular formula is C21H22N4O2S2. The molecule has 0 aromatic carbocycles. The van der Waals surface area contributed by atoms with Crippen molar-refractivity contribution in [1.82, 2.24) is 20.3 Å². The molecule has 0 unspecified atom stereocenters. The van der Waals surface area contributed by atoms with Gasteiger partial charge in [-0.1, -0.05) is 24.2 Å². The SMILES string of the molecule is Cc1cc(-c2cnn(CCNC(=O)[C@@H](C)Cc3cccs3)c2-c2cccs2)on1.